The number of halogens is 1. The number of methoxy groups -OCH3 is 1. The molecule has 2 amide bonds. The van der Waals surface area contributed by atoms with E-state index in [0.717, 1.165) is 12.3 Å². The first-order valence-corrected chi connectivity index (χ1v) is 9.02. The summed E-state index contributed by atoms with van der Waals surface area (Å²) in [7, 11) is 1.54. The monoisotopic (exact) mass is 464 g/mol. The van der Waals surface area contributed by atoms with Crippen LogP contribution in [0.4, 0.5) is 11.4 Å². The predicted octanol–water partition coefficient (Wildman–Crippen LogP) is 2.94. The van der Waals surface area contributed by atoms with Crippen LogP contribution in [0.3, 0.4) is 0 Å². The Morgan fingerprint density at radius 3 is 2.52 bits per heavy atom. The molecule has 0 saturated carbocycles. The predicted molar refractivity (Wildman–Crippen MR) is 109 cm³/mol. The molecule has 0 atom stereocenters. The Balaban J connectivity index is 1.85. The highest BCUT2D eigenvalue weighted by Crippen LogP contribution is 2.32. The number of rotatable bonds is 8. The molecule has 0 aliphatic carbocycles. The first kappa shape index (κ1) is 21.8. The maximum atomic E-state index is 11.9. The van der Waals surface area contributed by atoms with Crippen molar-refractivity contribution in [3.8, 4) is 11.5 Å². The van der Waals surface area contributed by atoms with Crippen LogP contribution in [0.1, 0.15) is 18.4 Å². The van der Waals surface area contributed by atoms with Gasteiger partial charge in [-0.25, -0.2) is 5.43 Å². The van der Waals surface area contributed by atoms with E-state index < -0.39 is 22.3 Å². The minimum Gasteiger partial charge on any atom is -0.502 e. The SMILES string of the molecule is COc1ccc(NC(=O)CCC(=O)NN=Cc2cc(Br)cc([N+](=O)[O-])c2O)cc1. The summed E-state index contributed by atoms with van der Waals surface area (Å²) < 4.78 is 5.39. The number of carbonyl (C=O) groups is 2. The lowest BCUT2D eigenvalue weighted by Gasteiger charge is -2.06. The van der Waals surface area contributed by atoms with E-state index in [-0.39, 0.29) is 24.3 Å². The second-order valence-electron chi connectivity index (χ2n) is 5.69. The summed E-state index contributed by atoms with van der Waals surface area (Å²) in [6.45, 7) is 0. The lowest BCUT2D eigenvalue weighted by atomic mass is 10.2. The van der Waals surface area contributed by atoms with Crippen molar-refractivity contribution in [3.05, 3.63) is 56.5 Å². The maximum Gasteiger partial charge on any atom is 0.312 e. The summed E-state index contributed by atoms with van der Waals surface area (Å²) in [6.07, 6.45) is 0.882. The zero-order valence-corrected chi connectivity index (χ0v) is 16.8. The molecule has 0 aliphatic rings. The van der Waals surface area contributed by atoms with Gasteiger partial charge in [-0.2, -0.15) is 5.10 Å². The Morgan fingerprint density at radius 1 is 1.24 bits per heavy atom. The lowest BCUT2D eigenvalue weighted by molar-refractivity contribution is -0.385. The number of amides is 2. The lowest BCUT2D eigenvalue weighted by Crippen LogP contribution is -2.20. The van der Waals surface area contributed by atoms with Crippen molar-refractivity contribution in [2.75, 3.05) is 12.4 Å². The molecule has 11 heteroatoms. The molecule has 0 aliphatic heterocycles. The van der Waals surface area contributed by atoms with Crippen molar-refractivity contribution >= 4 is 45.3 Å². The number of hydrazone groups is 1. The third-order valence-corrected chi connectivity index (χ3v) is 4.08. The molecule has 0 radical (unpaired) electrons. The van der Waals surface area contributed by atoms with E-state index in [1.54, 1.807) is 24.3 Å². The number of nitro groups is 1. The number of hydrogen-bond acceptors (Lipinski definition) is 7. The number of aromatic hydroxyl groups is 1. The molecular formula is C18H17BrN4O6. The molecule has 0 heterocycles. The molecule has 0 aromatic heterocycles. The van der Waals surface area contributed by atoms with Gasteiger partial charge in [-0.1, -0.05) is 15.9 Å². The molecule has 2 aromatic rings. The summed E-state index contributed by atoms with van der Waals surface area (Å²) in [6, 6.07) is 9.28. The third-order valence-electron chi connectivity index (χ3n) is 3.63. The van der Waals surface area contributed by atoms with Crippen LogP contribution in [-0.2, 0) is 9.59 Å². The molecule has 0 saturated heterocycles. The van der Waals surface area contributed by atoms with Gasteiger partial charge in [-0.05, 0) is 30.3 Å². The smallest absolute Gasteiger partial charge is 0.312 e. The van der Waals surface area contributed by atoms with Crippen LogP contribution in [0.5, 0.6) is 11.5 Å². The van der Waals surface area contributed by atoms with Gasteiger partial charge in [0.25, 0.3) is 0 Å². The number of nitro benzene ring substituents is 1. The summed E-state index contributed by atoms with van der Waals surface area (Å²) in [4.78, 5) is 33.8. The van der Waals surface area contributed by atoms with Gasteiger partial charge < -0.3 is 15.2 Å². The number of anilines is 1. The van der Waals surface area contributed by atoms with E-state index in [9.17, 15) is 24.8 Å². The van der Waals surface area contributed by atoms with E-state index in [0.29, 0.717) is 15.9 Å². The summed E-state index contributed by atoms with van der Waals surface area (Å²) in [5, 5.41) is 27.1. The average molecular weight is 465 g/mol. The second kappa shape index (κ2) is 10.2. The van der Waals surface area contributed by atoms with Crippen LogP contribution in [0, 0.1) is 10.1 Å². The molecule has 0 spiro atoms. The minimum atomic E-state index is -0.739. The number of benzene rings is 2. The van der Waals surface area contributed by atoms with Gasteiger partial charge in [-0.3, -0.25) is 19.7 Å². The van der Waals surface area contributed by atoms with Crippen LogP contribution >= 0.6 is 15.9 Å². The van der Waals surface area contributed by atoms with Crippen molar-refractivity contribution < 1.29 is 24.4 Å². The molecule has 3 N–H and O–H groups in total. The summed E-state index contributed by atoms with van der Waals surface area (Å²) >= 11 is 3.10. The molecule has 2 rings (SSSR count). The van der Waals surface area contributed by atoms with Crippen molar-refractivity contribution in [1.82, 2.24) is 5.43 Å². The Labute approximate surface area is 173 Å². The van der Waals surface area contributed by atoms with Gasteiger partial charge >= 0.3 is 5.69 Å². The van der Waals surface area contributed by atoms with Crippen molar-refractivity contribution in [2.24, 2.45) is 5.10 Å². The Bertz CT molecular complexity index is 946. The second-order valence-corrected chi connectivity index (χ2v) is 6.61. The highest BCUT2D eigenvalue weighted by atomic mass is 79.9. The van der Waals surface area contributed by atoms with Gasteiger partial charge in [0.15, 0.2) is 0 Å². The first-order valence-electron chi connectivity index (χ1n) is 8.23. The number of nitrogens with zero attached hydrogens (tertiary/aromatic N) is 2. The molecule has 10 nitrogen and oxygen atoms in total. The third kappa shape index (κ3) is 6.57. The van der Waals surface area contributed by atoms with Gasteiger partial charge in [0.1, 0.15) is 5.75 Å². The fourth-order valence-corrected chi connectivity index (χ4v) is 2.66. The van der Waals surface area contributed by atoms with Gasteiger partial charge in [0.05, 0.1) is 18.2 Å². The quantitative estimate of drug-likeness (QED) is 0.311. The summed E-state index contributed by atoms with van der Waals surface area (Å²) in [5.41, 5.74) is 2.32. The topological polar surface area (TPSA) is 143 Å². The highest BCUT2D eigenvalue weighted by molar-refractivity contribution is 9.10. The molecule has 0 bridgehead atoms. The zero-order chi connectivity index (χ0) is 21.4. The van der Waals surface area contributed by atoms with Crippen molar-refractivity contribution in [3.63, 3.8) is 0 Å². The zero-order valence-electron chi connectivity index (χ0n) is 15.2. The fourth-order valence-electron chi connectivity index (χ4n) is 2.20. The number of hydrogen-bond donors (Lipinski definition) is 3. The highest BCUT2D eigenvalue weighted by Gasteiger charge is 2.17. The Hall–Kier alpha value is -3.47. The number of phenols is 1. The van der Waals surface area contributed by atoms with E-state index in [2.05, 4.69) is 31.8 Å². The van der Waals surface area contributed by atoms with Crippen LogP contribution < -0.4 is 15.5 Å². The van der Waals surface area contributed by atoms with Gasteiger partial charge in [-0.15, -0.1) is 0 Å². The largest absolute Gasteiger partial charge is 0.502 e. The Kier molecular flexibility index (Phi) is 7.66. The van der Waals surface area contributed by atoms with Gasteiger partial charge in [0, 0.05) is 34.6 Å². The van der Waals surface area contributed by atoms with Crippen LogP contribution in [0.25, 0.3) is 0 Å². The minimum absolute atomic E-state index is 0.0450. The van der Waals surface area contributed by atoms with Crippen molar-refractivity contribution in [2.45, 2.75) is 12.8 Å². The van der Waals surface area contributed by atoms with Crippen molar-refractivity contribution in [1.29, 1.82) is 0 Å². The standard InChI is InChI=1S/C18H17BrN4O6/c1-29-14-4-2-13(3-5-14)21-16(24)6-7-17(25)22-20-10-11-8-12(19)9-15(18(11)26)23(27)28/h2-5,8-10,26H,6-7H2,1H3,(H,21,24)(H,22,25). The molecule has 0 unspecified atom stereocenters. The maximum absolute atomic E-state index is 11.9. The van der Waals surface area contributed by atoms with E-state index >= 15 is 0 Å². The molecule has 29 heavy (non-hydrogen) atoms. The van der Waals surface area contributed by atoms with E-state index in [4.69, 9.17) is 4.74 Å². The molecule has 2 aromatic carbocycles. The van der Waals surface area contributed by atoms with E-state index in [1.807, 2.05) is 0 Å². The normalized spacial score (nSPS) is 10.6. The van der Waals surface area contributed by atoms with Gasteiger partial charge in [0.2, 0.25) is 17.6 Å². The van der Waals surface area contributed by atoms with Crippen LogP contribution in [0.2, 0.25) is 0 Å². The number of nitrogens with one attached hydrogen (secondary N) is 2. The molecule has 152 valence electrons. The summed E-state index contributed by atoms with van der Waals surface area (Å²) in [5.74, 6) is -0.804. The van der Waals surface area contributed by atoms with Crippen LogP contribution in [0.15, 0.2) is 46.0 Å². The first-order chi connectivity index (χ1) is 13.8. The molecule has 0 fully saturated rings. The number of ether oxygens (including phenoxy) is 1. The Morgan fingerprint density at radius 2 is 1.90 bits per heavy atom. The number of carbonyl (C=O) groups excluding carboxylic acids is 2. The van der Waals surface area contributed by atoms with Crippen LogP contribution in [-0.4, -0.2) is 35.2 Å². The fraction of sp³-hybridized carbons (Fsp3) is 0.167. The number of phenolic OH excluding ortho intramolecular Hbond substituents is 1. The molecular weight excluding hydrogens is 448 g/mol. The van der Waals surface area contributed by atoms with E-state index in [1.165, 1.54) is 13.2 Å². The average Bonchev–Trinajstić information content (AvgIpc) is 2.69.